The third kappa shape index (κ3) is 3.81. The monoisotopic (exact) mass is 406 g/mol. The van der Waals surface area contributed by atoms with Gasteiger partial charge >= 0.3 is 0 Å². The largest absolute Gasteiger partial charge is 0.369 e. The lowest BCUT2D eigenvalue weighted by molar-refractivity contribution is 0.197. The summed E-state index contributed by atoms with van der Waals surface area (Å²) in [7, 11) is 0. The first-order valence-corrected chi connectivity index (χ1v) is 10.9. The van der Waals surface area contributed by atoms with Crippen LogP contribution in [0.25, 0.3) is 0 Å². The van der Waals surface area contributed by atoms with Crippen LogP contribution in [-0.4, -0.2) is 51.3 Å². The number of para-hydroxylation sites is 1. The summed E-state index contributed by atoms with van der Waals surface area (Å²) >= 11 is 0. The Morgan fingerprint density at radius 1 is 0.867 bits per heavy atom. The predicted octanol–water partition coefficient (Wildman–Crippen LogP) is 3.84. The van der Waals surface area contributed by atoms with Gasteiger partial charge in [0.1, 0.15) is 5.82 Å². The highest BCUT2D eigenvalue weighted by Crippen LogP contribution is 2.34. The van der Waals surface area contributed by atoms with Crippen molar-refractivity contribution in [2.24, 2.45) is 0 Å². The van der Waals surface area contributed by atoms with Crippen molar-refractivity contribution in [2.45, 2.75) is 37.8 Å². The van der Waals surface area contributed by atoms with Gasteiger partial charge in [-0.3, -0.25) is 4.90 Å². The number of aromatic nitrogens is 4. The van der Waals surface area contributed by atoms with Crippen LogP contribution in [0.15, 0.2) is 54.6 Å². The summed E-state index contributed by atoms with van der Waals surface area (Å²) in [4.78, 5) is 4.85. The molecule has 0 unspecified atom stereocenters. The minimum absolute atomic E-state index is 0.0703. The normalized spacial score (nSPS) is 19.3. The predicted molar refractivity (Wildman–Crippen MR) is 114 cm³/mol. The average Bonchev–Trinajstić information content (AvgIpc) is 3.48. The highest BCUT2D eigenvalue weighted by Gasteiger charge is 2.33. The molecule has 1 atom stereocenters. The molecule has 7 heteroatoms. The molecule has 156 valence electrons. The van der Waals surface area contributed by atoms with Gasteiger partial charge in [0.05, 0.1) is 12.1 Å². The molecule has 2 heterocycles. The van der Waals surface area contributed by atoms with Gasteiger partial charge in [-0.25, -0.2) is 9.07 Å². The summed E-state index contributed by atoms with van der Waals surface area (Å²) in [6.07, 6.45) is 4.69. The van der Waals surface area contributed by atoms with E-state index in [2.05, 4.69) is 49.6 Å². The van der Waals surface area contributed by atoms with E-state index in [4.69, 9.17) is 0 Å². The molecule has 1 aromatic heterocycles. The number of rotatable bonds is 5. The van der Waals surface area contributed by atoms with E-state index < -0.39 is 0 Å². The second-order valence-electron chi connectivity index (χ2n) is 8.23. The molecule has 2 aromatic carbocycles. The molecule has 0 radical (unpaired) electrons. The van der Waals surface area contributed by atoms with Gasteiger partial charge in [0.15, 0.2) is 5.82 Å². The van der Waals surface area contributed by atoms with Crippen LogP contribution < -0.4 is 4.90 Å². The second-order valence-corrected chi connectivity index (χ2v) is 8.23. The topological polar surface area (TPSA) is 50.1 Å². The molecule has 0 spiro atoms. The first-order valence-electron chi connectivity index (χ1n) is 10.9. The standard InChI is InChI=1S/C23H27FN6/c24-19-12-10-18(11-13-19)22(23-25-26-27-30(23)21-8-4-5-9-21)29-16-14-28(15-17-29)20-6-2-1-3-7-20/h1-3,6-7,10-13,21-22H,4-5,8-9,14-17H2/t22-/m0/s1. The molecule has 0 bridgehead atoms. The fourth-order valence-corrected chi connectivity index (χ4v) is 4.83. The molecule has 1 saturated carbocycles. The van der Waals surface area contributed by atoms with E-state index in [0.29, 0.717) is 6.04 Å². The quantitative estimate of drug-likeness (QED) is 0.644. The SMILES string of the molecule is Fc1ccc([C@@H](c2nnnn2C2CCCC2)N2CCN(c3ccccc3)CC2)cc1. The van der Waals surface area contributed by atoms with Crippen molar-refractivity contribution in [3.63, 3.8) is 0 Å². The molecule has 1 aliphatic heterocycles. The molecule has 1 saturated heterocycles. The molecule has 6 nitrogen and oxygen atoms in total. The van der Waals surface area contributed by atoms with Crippen molar-refractivity contribution in [3.05, 3.63) is 71.8 Å². The highest BCUT2D eigenvalue weighted by atomic mass is 19.1. The van der Waals surface area contributed by atoms with Gasteiger partial charge in [0, 0.05) is 31.9 Å². The zero-order valence-corrected chi connectivity index (χ0v) is 17.1. The highest BCUT2D eigenvalue weighted by molar-refractivity contribution is 5.46. The Morgan fingerprint density at radius 2 is 1.57 bits per heavy atom. The average molecular weight is 407 g/mol. The van der Waals surface area contributed by atoms with Crippen molar-refractivity contribution < 1.29 is 4.39 Å². The molecule has 30 heavy (non-hydrogen) atoms. The van der Waals surface area contributed by atoms with Gasteiger partial charge in [-0.2, -0.15) is 0 Å². The first-order chi connectivity index (χ1) is 14.8. The number of piperazine rings is 1. The Kier molecular flexibility index (Phi) is 5.45. The number of anilines is 1. The zero-order valence-electron chi connectivity index (χ0n) is 17.1. The zero-order chi connectivity index (χ0) is 20.3. The van der Waals surface area contributed by atoms with E-state index in [1.807, 2.05) is 22.9 Å². The van der Waals surface area contributed by atoms with Gasteiger partial charge < -0.3 is 4.90 Å². The Bertz CT molecular complexity index is 943. The molecule has 0 N–H and O–H groups in total. The maximum atomic E-state index is 13.6. The van der Waals surface area contributed by atoms with Crippen molar-refractivity contribution in [2.75, 3.05) is 31.1 Å². The summed E-state index contributed by atoms with van der Waals surface area (Å²) in [5.41, 5.74) is 2.30. The van der Waals surface area contributed by atoms with Crippen LogP contribution in [0, 0.1) is 5.82 Å². The van der Waals surface area contributed by atoms with Gasteiger partial charge in [0.2, 0.25) is 0 Å². The number of tetrazole rings is 1. The smallest absolute Gasteiger partial charge is 0.173 e. The Balaban J connectivity index is 1.43. The summed E-state index contributed by atoms with van der Waals surface area (Å²) in [6, 6.07) is 17.6. The Labute approximate surface area is 176 Å². The number of hydrogen-bond donors (Lipinski definition) is 0. The van der Waals surface area contributed by atoms with E-state index in [1.165, 1.54) is 30.7 Å². The van der Waals surface area contributed by atoms with Crippen LogP contribution in [0.1, 0.15) is 49.2 Å². The van der Waals surface area contributed by atoms with Gasteiger partial charge in [-0.1, -0.05) is 43.2 Å². The minimum atomic E-state index is -0.221. The molecular formula is C23H27FN6. The summed E-state index contributed by atoms with van der Waals surface area (Å²) in [5.74, 6) is 0.656. The Morgan fingerprint density at radius 3 is 2.27 bits per heavy atom. The maximum absolute atomic E-state index is 13.6. The van der Waals surface area contributed by atoms with E-state index in [-0.39, 0.29) is 11.9 Å². The van der Waals surface area contributed by atoms with Crippen LogP contribution in [0.3, 0.4) is 0 Å². The molecule has 1 aliphatic carbocycles. The maximum Gasteiger partial charge on any atom is 0.173 e. The molecule has 0 amide bonds. The number of halogens is 1. The van der Waals surface area contributed by atoms with E-state index in [9.17, 15) is 4.39 Å². The molecule has 5 rings (SSSR count). The fraction of sp³-hybridized carbons (Fsp3) is 0.435. The van der Waals surface area contributed by atoms with E-state index in [1.54, 1.807) is 0 Å². The fourth-order valence-electron chi connectivity index (χ4n) is 4.83. The van der Waals surface area contributed by atoms with E-state index in [0.717, 1.165) is 50.4 Å². The van der Waals surface area contributed by atoms with Gasteiger partial charge in [0.25, 0.3) is 0 Å². The molecule has 2 fully saturated rings. The van der Waals surface area contributed by atoms with Crippen molar-refractivity contribution in [1.82, 2.24) is 25.1 Å². The molecular weight excluding hydrogens is 379 g/mol. The number of nitrogens with zero attached hydrogens (tertiary/aromatic N) is 6. The van der Waals surface area contributed by atoms with Crippen molar-refractivity contribution >= 4 is 5.69 Å². The molecule has 3 aromatic rings. The molecule has 2 aliphatic rings. The van der Waals surface area contributed by atoms with Crippen LogP contribution in [0.4, 0.5) is 10.1 Å². The first kappa shape index (κ1) is 19.2. The van der Waals surface area contributed by atoms with Crippen molar-refractivity contribution in [3.8, 4) is 0 Å². The number of hydrogen-bond acceptors (Lipinski definition) is 5. The third-order valence-electron chi connectivity index (χ3n) is 6.42. The van der Waals surface area contributed by atoms with Crippen LogP contribution >= 0.6 is 0 Å². The summed E-state index contributed by atoms with van der Waals surface area (Å²) < 4.78 is 15.7. The van der Waals surface area contributed by atoms with Crippen LogP contribution in [0.5, 0.6) is 0 Å². The lowest BCUT2D eigenvalue weighted by Crippen LogP contribution is -2.48. The van der Waals surface area contributed by atoms with Crippen molar-refractivity contribution in [1.29, 1.82) is 0 Å². The van der Waals surface area contributed by atoms with Crippen LogP contribution in [0.2, 0.25) is 0 Å². The minimum Gasteiger partial charge on any atom is -0.369 e. The van der Waals surface area contributed by atoms with Gasteiger partial charge in [-0.05, 0) is 53.1 Å². The third-order valence-corrected chi connectivity index (χ3v) is 6.42. The number of benzene rings is 2. The van der Waals surface area contributed by atoms with E-state index >= 15 is 0 Å². The summed E-state index contributed by atoms with van der Waals surface area (Å²) in [6.45, 7) is 3.67. The second kappa shape index (κ2) is 8.52. The Hall–Kier alpha value is -2.80. The summed E-state index contributed by atoms with van der Waals surface area (Å²) in [5, 5.41) is 12.9. The van der Waals surface area contributed by atoms with Crippen LogP contribution in [-0.2, 0) is 0 Å². The lowest BCUT2D eigenvalue weighted by Gasteiger charge is -2.40. The lowest BCUT2D eigenvalue weighted by atomic mass is 10.0. The van der Waals surface area contributed by atoms with Gasteiger partial charge in [-0.15, -0.1) is 5.10 Å².